The summed E-state index contributed by atoms with van der Waals surface area (Å²) >= 11 is 7.30. The summed E-state index contributed by atoms with van der Waals surface area (Å²) in [5, 5.41) is 0. The number of carbonyl (C=O) groups excluding carboxylic acids is 1. The van der Waals surface area contributed by atoms with Gasteiger partial charge >= 0.3 is 0 Å². The van der Waals surface area contributed by atoms with E-state index in [1.165, 1.54) is 28.1 Å². The topological polar surface area (TPSA) is 17.1 Å². The van der Waals surface area contributed by atoms with Crippen LogP contribution in [0.15, 0.2) is 40.2 Å². The van der Waals surface area contributed by atoms with Gasteiger partial charge in [0.25, 0.3) is 0 Å². The molecule has 0 aliphatic carbocycles. The van der Waals surface area contributed by atoms with Crippen molar-refractivity contribution in [1.29, 1.82) is 0 Å². The van der Waals surface area contributed by atoms with Crippen molar-refractivity contribution in [2.45, 2.75) is 20.8 Å². The van der Waals surface area contributed by atoms with E-state index in [4.69, 9.17) is 0 Å². The molecule has 0 radical (unpaired) electrons. The zero-order valence-corrected chi connectivity index (χ0v) is 13.0. The number of aldehydes is 1. The van der Waals surface area contributed by atoms with Gasteiger partial charge in [0.05, 0.1) is 8.47 Å². The van der Waals surface area contributed by atoms with E-state index in [-0.39, 0.29) is 0 Å². The fraction of sp³-hybridized carbons (Fsp3) is 0.250. The molecule has 2 aliphatic heterocycles. The predicted octanol–water partition coefficient (Wildman–Crippen LogP) is 5.31. The number of rotatable bonds is 2. The summed E-state index contributed by atoms with van der Waals surface area (Å²) in [4.78, 5) is 15.6. The Bertz CT molecular complexity index is 467. The first kappa shape index (κ1) is 13.5. The first-order valence-corrected chi connectivity index (χ1v) is 8.34. The van der Waals surface area contributed by atoms with Gasteiger partial charge in [-0.15, -0.1) is 0 Å². The molecule has 0 aromatic rings. The molecule has 5 heteroatoms. The van der Waals surface area contributed by atoms with Gasteiger partial charge in [-0.1, -0.05) is 47.0 Å². The molecule has 0 aromatic heterocycles. The van der Waals surface area contributed by atoms with E-state index in [1.807, 2.05) is 41.4 Å². The van der Waals surface area contributed by atoms with Gasteiger partial charge in [-0.3, -0.25) is 4.79 Å². The Hall–Kier alpha value is 0.0300. The summed E-state index contributed by atoms with van der Waals surface area (Å²) in [6.45, 7) is 6.43. The van der Waals surface area contributed by atoms with E-state index in [0.29, 0.717) is 0 Å². The summed E-state index contributed by atoms with van der Waals surface area (Å²) < 4.78 is 2.73. The predicted molar refractivity (Wildman–Crippen MR) is 83.7 cm³/mol. The molecule has 0 aromatic carbocycles. The Balaban J connectivity index is 2.13. The van der Waals surface area contributed by atoms with Crippen LogP contribution in [0.2, 0.25) is 0 Å². The van der Waals surface area contributed by atoms with Crippen molar-refractivity contribution in [1.82, 2.24) is 0 Å². The van der Waals surface area contributed by atoms with Gasteiger partial charge in [-0.25, -0.2) is 0 Å². The third-order valence-corrected chi connectivity index (χ3v) is 8.02. The molecule has 0 atom stereocenters. The van der Waals surface area contributed by atoms with Crippen LogP contribution in [-0.4, -0.2) is 6.29 Å². The van der Waals surface area contributed by atoms with Crippen molar-refractivity contribution in [3.05, 3.63) is 40.2 Å². The number of hydrogen-bond donors (Lipinski definition) is 0. The second-order valence-electron chi connectivity index (χ2n) is 3.51. The molecule has 90 valence electrons. The van der Waals surface area contributed by atoms with Crippen LogP contribution in [0.3, 0.4) is 0 Å². The van der Waals surface area contributed by atoms with E-state index in [1.54, 1.807) is 17.8 Å². The molecular weight excluding hydrogens is 288 g/mol. The average Bonchev–Trinajstić information content (AvgIpc) is 2.81. The molecule has 2 aliphatic rings. The SMILES string of the molecule is CC1=C(C)SC(=C2SC(C)=C(/C=C/C=O)S2)S1. The Morgan fingerprint density at radius 1 is 0.824 bits per heavy atom. The second-order valence-corrected chi connectivity index (χ2v) is 8.75. The maximum atomic E-state index is 10.3. The minimum atomic E-state index is 0.825. The number of allylic oxidation sites excluding steroid dienone is 5. The summed E-state index contributed by atoms with van der Waals surface area (Å²) in [5.41, 5.74) is 0. The quantitative estimate of drug-likeness (QED) is 0.506. The lowest BCUT2D eigenvalue weighted by molar-refractivity contribution is -0.104. The van der Waals surface area contributed by atoms with Crippen LogP contribution in [0.25, 0.3) is 0 Å². The smallest absolute Gasteiger partial charge is 0.142 e. The van der Waals surface area contributed by atoms with Gasteiger partial charge in [0, 0.05) is 9.81 Å². The first-order valence-electron chi connectivity index (χ1n) is 5.07. The molecule has 0 spiro atoms. The monoisotopic (exact) mass is 300 g/mol. The van der Waals surface area contributed by atoms with Crippen LogP contribution in [0.1, 0.15) is 20.8 Å². The highest BCUT2D eigenvalue weighted by Crippen LogP contribution is 2.59. The van der Waals surface area contributed by atoms with Crippen molar-refractivity contribution in [3.8, 4) is 0 Å². The number of thioether (sulfide) groups is 4. The maximum absolute atomic E-state index is 10.3. The van der Waals surface area contributed by atoms with Crippen molar-refractivity contribution in [3.63, 3.8) is 0 Å². The van der Waals surface area contributed by atoms with E-state index in [0.717, 1.165) is 6.29 Å². The second kappa shape index (κ2) is 5.78. The molecule has 2 heterocycles. The minimum absolute atomic E-state index is 0.825. The van der Waals surface area contributed by atoms with Crippen molar-refractivity contribution < 1.29 is 4.79 Å². The molecule has 0 bridgehead atoms. The number of carbonyl (C=O) groups is 1. The third kappa shape index (κ3) is 3.08. The molecular formula is C12H12OS4. The Morgan fingerprint density at radius 2 is 1.35 bits per heavy atom. The summed E-state index contributed by atoms with van der Waals surface area (Å²) in [5.74, 6) is 0. The zero-order chi connectivity index (χ0) is 12.4. The normalized spacial score (nSPS) is 21.4. The fourth-order valence-electron chi connectivity index (χ4n) is 1.27. The van der Waals surface area contributed by atoms with Crippen LogP contribution in [0.4, 0.5) is 0 Å². The van der Waals surface area contributed by atoms with Gasteiger partial charge in [-0.2, -0.15) is 0 Å². The van der Waals surface area contributed by atoms with E-state index >= 15 is 0 Å². The third-order valence-electron chi connectivity index (χ3n) is 2.28. The van der Waals surface area contributed by atoms with Gasteiger partial charge in [-0.05, 0) is 42.7 Å². The van der Waals surface area contributed by atoms with E-state index < -0.39 is 0 Å². The highest BCUT2D eigenvalue weighted by atomic mass is 32.2. The average molecular weight is 300 g/mol. The highest BCUT2D eigenvalue weighted by molar-refractivity contribution is 8.34. The van der Waals surface area contributed by atoms with Gasteiger partial charge in [0.1, 0.15) is 6.29 Å². The van der Waals surface area contributed by atoms with Gasteiger partial charge in [0.2, 0.25) is 0 Å². The molecule has 0 amide bonds. The van der Waals surface area contributed by atoms with Crippen molar-refractivity contribution in [2.24, 2.45) is 0 Å². The molecule has 0 N–H and O–H groups in total. The molecule has 0 fully saturated rings. The fourth-order valence-corrected chi connectivity index (χ4v) is 6.61. The summed E-state index contributed by atoms with van der Waals surface area (Å²) in [6, 6.07) is 0. The Kier molecular flexibility index (Phi) is 4.58. The Morgan fingerprint density at radius 3 is 1.94 bits per heavy atom. The molecule has 2 rings (SSSR count). The number of hydrogen-bond acceptors (Lipinski definition) is 5. The van der Waals surface area contributed by atoms with Crippen LogP contribution >= 0.6 is 47.0 Å². The highest BCUT2D eigenvalue weighted by Gasteiger charge is 2.24. The van der Waals surface area contributed by atoms with Crippen LogP contribution in [0.5, 0.6) is 0 Å². The summed E-state index contributed by atoms with van der Waals surface area (Å²) in [7, 11) is 0. The zero-order valence-electron chi connectivity index (χ0n) is 9.77. The maximum Gasteiger partial charge on any atom is 0.142 e. The lowest BCUT2D eigenvalue weighted by Gasteiger charge is -2.00. The van der Waals surface area contributed by atoms with E-state index in [2.05, 4.69) is 20.8 Å². The van der Waals surface area contributed by atoms with Crippen molar-refractivity contribution in [2.75, 3.05) is 0 Å². The first-order chi connectivity index (χ1) is 8.11. The van der Waals surface area contributed by atoms with E-state index in [9.17, 15) is 4.79 Å². The van der Waals surface area contributed by atoms with Crippen LogP contribution < -0.4 is 0 Å². The van der Waals surface area contributed by atoms with Crippen LogP contribution in [0, 0.1) is 0 Å². The molecule has 1 nitrogen and oxygen atoms in total. The largest absolute Gasteiger partial charge is 0.299 e. The molecule has 0 saturated heterocycles. The molecule has 0 unspecified atom stereocenters. The van der Waals surface area contributed by atoms with Crippen molar-refractivity contribution >= 4 is 53.3 Å². The van der Waals surface area contributed by atoms with Crippen LogP contribution in [-0.2, 0) is 4.79 Å². The molecule has 0 saturated carbocycles. The lowest BCUT2D eigenvalue weighted by atomic mass is 10.4. The minimum Gasteiger partial charge on any atom is -0.299 e. The summed E-state index contributed by atoms with van der Waals surface area (Å²) in [6.07, 6.45) is 4.28. The van der Waals surface area contributed by atoms with Gasteiger partial charge in [0.15, 0.2) is 0 Å². The molecule has 17 heavy (non-hydrogen) atoms. The Labute approximate surface area is 119 Å². The standard InChI is InChI=1S/C12H12OS4/c1-7-8(2)15-11(14-7)12-16-9(3)10(17-12)5-4-6-13/h4-6H,1-3H3/b5-4+. The van der Waals surface area contributed by atoms with Gasteiger partial charge < -0.3 is 0 Å². The lowest BCUT2D eigenvalue weighted by Crippen LogP contribution is -1.68.